The third-order valence-electron chi connectivity index (χ3n) is 4.02. The monoisotopic (exact) mass is 277 g/mol. The second-order valence-electron chi connectivity index (χ2n) is 6.51. The van der Waals surface area contributed by atoms with E-state index in [1.165, 1.54) is 5.56 Å². The molecule has 0 unspecified atom stereocenters. The van der Waals surface area contributed by atoms with Crippen molar-refractivity contribution >= 4 is 5.69 Å². The average molecular weight is 277 g/mol. The highest BCUT2D eigenvalue weighted by molar-refractivity contribution is 5.47. The topological polar surface area (TPSA) is 41.7 Å². The minimum atomic E-state index is 0.265. The predicted molar refractivity (Wildman–Crippen MR) is 84.0 cm³/mol. The van der Waals surface area contributed by atoms with Crippen LogP contribution in [0.5, 0.6) is 5.75 Å². The fourth-order valence-corrected chi connectivity index (χ4v) is 2.74. The van der Waals surface area contributed by atoms with Gasteiger partial charge in [-0.3, -0.25) is 9.80 Å². The van der Waals surface area contributed by atoms with Crippen molar-refractivity contribution < 1.29 is 4.74 Å². The quantitative estimate of drug-likeness (QED) is 0.860. The summed E-state index contributed by atoms with van der Waals surface area (Å²) in [5.74, 6) is 0.928. The number of hydrogen-bond donors (Lipinski definition) is 1. The lowest BCUT2D eigenvalue weighted by Crippen LogP contribution is -2.53. The van der Waals surface area contributed by atoms with Gasteiger partial charge in [-0.15, -0.1) is 0 Å². The van der Waals surface area contributed by atoms with Crippen molar-refractivity contribution in [3.63, 3.8) is 0 Å². The maximum Gasteiger partial charge on any atom is 0.123 e. The van der Waals surface area contributed by atoms with Gasteiger partial charge in [0.25, 0.3) is 0 Å². The Morgan fingerprint density at radius 3 is 2.35 bits per heavy atom. The molecule has 112 valence electrons. The number of nitrogen functional groups attached to an aromatic ring is 1. The molecule has 0 spiro atoms. The molecule has 1 aromatic rings. The first-order chi connectivity index (χ1) is 9.40. The molecule has 1 heterocycles. The van der Waals surface area contributed by atoms with Crippen molar-refractivity contribution in [2.45, 2.75) is 32.9 Å². The van der Waals surface area contributed by atoms with Crippen molar-refractivity contribution in [3.05, 3.63) is 23.8 Å². The van der Waals surface area contributed by atoms with Crippen LogP contribution >= 0.6 is 0 Å². The van der Waals surface area contributed by atoms with Gasteiger partial charge in [0, 0.05) is 49.5 Å². The number of piperazine rings is 1. The third kappa shape index (κ3) is 3.64. The van der Waals surface area contributed by atoms with Crippen molar-refractivity contribution in [3.8, 4) is 5.75 Å². The molecule has 20 heavy (non-hydrogen) atoms. The molecule has 2 rings (SSSR count). The molecule has 0 amide bonds. The smallest absolute Gasteiger partial charge is 0.123 e. The highest BCUT2D eigenvalue weighted by Gasteiger charge is 2.26. The van der Waals surface area contributed by atoms with Gasteiger partial charge in [-0.25, -0.2) is 0 Å². The van der Waals surface area contributed by atoms with E-state index in [0.717, 1.165) is 44.2 Å². The number of anilines is 1. The molecule has 1 saturated heterocycles. The van der Waals surface area contributed by atoms with Crippen LogP contribution in [0, 0.1) is 0 Å². The Balaban J connectivity index is 1.97. The Hall–Kier alpha value is -1.26. The minimum Gasteiger partial charge on any atom is -0.496 e. The van der Waals surface area contributed by atoms with Gasteiger partial charge >= 0.3 is 0 Å². The lowest BCUT2D eigenvalue weighted by molar-refractivity contribution is 0.0588. The van der Waals surface area contributed by atoms with E-state index in [2.05, 4.69) is 30.6 Å². The van der Waals surface area contributed by atoms with E-state index in [1.807, 2.05) is 18.2 Å². The molecule has 1 fully saturated rings. The molecule has 4 nitrogen and oxygen atoms in total. The number of nitrogens with two attached hydrogens (primary N) is 1. The molecule has 1 aliphatic rings. The van der Waals surface area contributed by atoms with Gasteiger partial charge in [-0.1, -0.05) is 0 Å². The first kappa shape index (κ1) is 15.1. The van der Waals surface area contributed by atoms with Crippen LogP contribution in [-0.4, -0.2) is 48.6 Å². The lowest BCUT2D eigenvalue weighted by Gasteiger charge is -2.42. The van der Waals surface area contributed by atoms with Crippen LogP contribution < -0.4 is 10.5 Å². The maximum atomic E-state index is 5.88. The van der Waals surface area contributed by atoms with Crippen molar-refractivity contribution in [2.24, 2.45) is 0 Å². The Kier molecular flexibility index (Phi) is 4.55. The molecule has 0 radical (unpaired) electrons. The molecular formula is C16H27N3O. The highest BCUT2D eigenvalue weighted by atomic mass is 16.5. The van der Waals surface area contributed by atoms with Crippen molar-refractivity contribution in [2.75, 3.05) is 39.0 Å². The van der Waals surface area contributed by atoms with Crippen LogP contribution in [0.4, 0.5) is 5.69 Å². The summed E-state index contributed by atoms with van der Waals surface area (Å²) in [4.78, 5) is 5.01. The molecule has 0 bridgehead atoms. The first-order valence-electron chi connectivity index (χ1n) is 7.30. The first-order valence-corrected chi connectivity index (χ1v) is 7.30. The SMILES string of the molecule is COc1ccc(N)cc1CN1CCN(C(C)(C)C)CC1. The minimum absolute atomic E-state index is 0.265. The van der Waals surface area contributed by atoms with Crippen molar-refractivity contribution in [1.29, 1.82) is 0 Å². The van der Waals surface area contributed by atoms with E-state index in [-0.39, 0.29) is 5.54 Å². The molecule has 1 aliphatic heterocycles. The third-order valence-corrected chi connectivity index (χ3v) is 4.02. The zero-order valence-electron chi connectivity index (χ0n) is 13.1. The van der Waals surface area contributed by atoms with E-state index in [9.17, 15) is 0 Å². The molecule has 0 saturated carbocycles. The summed E-state index contributed by atoms with van der Waals surface area (Å²) < 4.78 is 5.42. The second kappa shape index (κ2) is 6.02. The molecule has 0 aromatic heterocycles. The number of rotatable bonds is 3. The number of ether oxygens (including phenoxy) is 1. The molecule has 0 aliphatic carbocycles. The number of methoxy groups -OCH3 is 1. The standard InChI is InChI=1S/C16H27N3O/c1-16(2,3)19-9-7-18(8-10-19)12-13-11-14(17)5-6-15(13)20-4/h5-6,11H,7-10,12,17H2,1-4H3. The van der Waals surface area contributed by atoms with E-state index in [0.29, 0.717) is 0 Å². The fourth-order valence-electron chi connectivity index (χ4n) is 2.74. The fraction of sp³-hybridized carbons (Fsp3) is 0.625. The molecular weight excluding hydrogens is 250 g/mol. The van der Waals surface area contributed by atoms with E-state index >= 15 is 0 Å². The normalized spacial score (nSPS) is 18.2. The van der Waals surface area contributed by atoms with Gasteiger partial charge in [0.05, 0.1) is 7.11 Å². The van der Waals surface area contributed by atoms with Gasteiger partial charge < -0.3 is 10.5 Å². The summed E-state index contributed by atoms with van der Waals surface area (Å²) >= 11 is 0. The zero-order chi connectivity index (χ0) is 14.8. The molecule has 2 N–H and O–H groups in total. The largest absolute Gasteiger partial charge is 0.496 e. The Morgan fingerprint density at radius 2 is 1.80 bits per heavy atom. The van der Waals surface area contributed by atoms with Crippen LogP contribution in [0.25, 0.3) is 0 Å². The van der Waals surface area contributed by atoms with Crippen LogP contribution in [0.2, 0.25) is 0 Å². The Bertz CT molecular complexity index is 446. The molecule has 4 heteroatoms. The summed E-state index contributed by atoms with van der Waals surface area (Å²) in [7, 11) is 1.71. The number of hydrogen-bond acceptors (Lipinski definition) is 4. The molecule has 0 atom stereocenters. The summed E-state index contributed by atoms with van der Waals surface area (Å²) in [5.41, 5.74) is 8.13. The van der Waals surface area contributed by atoms with Crippen molar-refractivity contribution in [1.82, 2.24) is 9.80 Å². The summed E-state index contributed by atoms with van der Waals surface area (Å²) in [6.07, 6.45) is 0. The van der Waals surface area contributed by atoms with Gasteiger partial charge in [0.1, 0.15) is 5.75 Å². The predicted octanol–water partition coefficient (Wildman–Crippen LogP) is 2.19. The molecule has 1 aromatic carbocycles. The summed E-state index contributed by atoms with van der Waals surface area (Å²) in [6, 6.07) is 5.87. The number of nitrogens with zero attached hydrogens (tertiary/aromatic N) is 2. The Morgan fingerprint density at radius 1 is 1.15 bits per heavy atom. The number of benzene rings is 1. The van der Waals surface area contributed by atoms with E-state index < -0.39 is 0 Å². The van der Waals surface area contributed by atoms with Crippen LogP contribution in [-0.2, 0) is 6.54 Å². The van der Waals surface area contributed by atoms with Crippen LogP contribution in [0.3, 0.4) is 0 Å². The van der Waals surface area contributed by atoms with Gasteiger partial charge in [-0.2, -0.15) is 0 Å². The van der Waals surface area contributed by atoms with Crippen LogP contribution in [0.15, 0.2) is 18.2 Å². The second-order valence-corrected chi connectivity index (χ2v) is 6.51. The van der Waals surface area contributed by atoms with E-state index in [4.69, 9.17) is 10.5 Å². The highest BCUT2D eigenvalue weighted by Crippen LogP contribution is 2.24. The lowest BCUT2D eigenvalue weighted by atomic mass is 10.0. The summed E-state index contributed by atoms with van der Waals surface area (Å²) in [6.45, 7) is 12.2. The van der Waals surface area contributed by atoms with Gasteiger partial charge in [0.15, 0.2) is 0 Å². The van der Waals surface area contributed by atoms with Crippen LogP contribution in [0.1, 0.15) is 26.3 Å². The summed E-state index contributed by atoms with van der Waals surface area (Å²) in [5, 5.41) is 0. The van der Waals surface area contributed by atoms with Gasteiger partial charge in [0.2, 0.25) is 0 Å². The zero-order valence-corrected chi connectivity index (χ0v) is 13.1. The maximum absolute atomic E-state index is 5.88. The van der Waals surface area contributed by atoms with E-state index in [1.54, 1.807) is 7.11 Å². The van der Waals surface area contributed by atoms with Gasteiger partial charge in [-0.05, 0) is 39.0 Å². The average Bonchev–Trinajstić information content (AvgIpc) is 2.38. The Labute approximate surface area is 122 Å².